The highest BCUT2D eigenvalue weighted by atomic mass is 32.2. The number of hydrazone groups is 1. The van der Waals surface area contributed by atoms with E-state index in [0.29, 0.717) is 34.9 Å². The maximum absolute atomic E-state index is 12.8. The van der Waals surface area contributed by atoms with E-state index in [4.69, 9.17) is 9.47 Å². The van der Waals surface area contributed by atoms with E-state index in [2.05, 4.69) is 17.1 Å². The van der Waals surface area contributed by atoms with Crippen molar-refractivity contribution >= 4 is 27.8 Å². The van der Waals surface area contributed by atoms with Crippen LogP contribution in [-0.4, -0.2) is 41.3 Å². The molecule has 0 fully saturated rings. The fourth-order valence-electron chi connectivity index (χ4n) is 2.97. The highest BCUT2D eigenvalue weighted by Gasteiger charge is 2.21. The molecule has 0 spiro atoms. The summed E-state index contributed by atoms with van der Waals surface area (Å²) in [7, 11) is -0.704. The summed E-state index contributed by atoms with van der Waals surface area (Å²) >= 11 is 0. The molecule has 0 saturated carbocycles. The molecule has 3 rings (SSSR count). The van der Waals surface area contributed by atoms with Crippen molar-refractivity contribution in [3.8, 4) is 11.5 Å². The van der Waals surface area contributed by atoms with Gasteiger partial charge in [-0.25, -0.2) is 13.8 Å². The molecule has 9 heteroatoms. The van der Waals surface area contributed by atoms with E-state index < -0.39 is 15.9 Å². The number of carbonyl (C=O) groups is 1. The molecule has 176 valence electrons. The smallest absolute Gasteiger partial charge is 0.271 e. The second-order valence-electron chi connectivity index (χ2n) is 7.04. The molecule has 0 unspecified atom stereocenters. The Kier molecular flexibility index (Phi) is 8.05. The second kappa shape index (κ2) is 11.2. The van der Waals surface area contributed by atoms with Gasteiger partial charge in [0.25, 0.3) is 15.9 Å². The van der Waals surface area contributed by atoms with Crippen LogP contribution in [0.2, 0.25) is 0 Å². The number of hydrogen-bond donors (Lipinski definition) is 1. The van der Waals surface area contributed by atoms with Gasteiger partial charge in [-0.2, -0.15) is 5.10 Å². The lowest BCUT2D eigenvalue weighted by Crippen LogP contribution is -2.26. The maximum Gasteiger partial charge on any atom is 0.271 e. The third-order valence-corrected chi connectivity index (χ3v) is 6.62. The molecule has 0 radical (unpaired) electrons. The number of sulfonamides is 1. The standard InChI is InChI=1S/C25H25N3O5S/c1-4-16-33-23-15-10-19(17-24(23)32-3)18-26-27-25(29)20-11-13-21(14-12-20)28(2)34(30,31)22-8-6-5-7-9-22/h4-15,17-18H,1,16H2,2-3H3,(H,27,29)/b26-18-. The van der Waals surface area contributed by atoms with Crippen LogP contribution in [0.5, 0.6) is 11.5 Å². The largest absolute Gasteiger partial charge is 0.493 e. The topological polar surface area (TPSA) is 97.3 Å². The summed E-state index contributed by atoms with van der Waals surface area (Å²) in [5.74, 6) is 0.666. The lowest BCUT2D eigenvalue weighted by Gasteiger charge is -2.19. The molecule has 34 heavy (non-hydrogen) atoms. The molecule has 3 aromatic carbocycles. The van der Waals surface area contributed by atoms with Crippen LogP contribution >= 0.6 is 0 Å². The van der Waals surface area contributed by atoms with E-state index in [-0.39, 0.29) is 4.90 Å². The van der Waals surface area contributed by atoms with Crippen molar-refractivity contribution in [1.82, 2.24) is 5.43 Å². The number of hydrogen-bond acceptors (Lipinski definition) is 6. The SMILES string of the molecule is C=CCOc1ccc(/C=N\NC(=O)c2ccc(N(C)S(=O)(=O)c3ccccc3)cc2)cc1OC. The van der Waals surface area contributed by atoms with E-state index in [0.717, 1.165) is 4.31 Å². The summed E-state index contributed by atoms with van der Waals surface area (Å²) in [6.07, 6.45) is 3.11. The zero-order valence-electron chi connectivity index (χ0n) is 18.8. The molecule has 0 heterocycles. The van der Waals surface area contributed by atoms with E-state index in [9.17, 15) is 13.2 Å². The zero-order chi connectivity index (χ0) is 24.6. The van der Waals surface area contributed by atoms with E-state index in [1.807, 2.05) is 0 Å². The summed E-state index contributed by atoms with van der Waals surface area (Å²) in [6.45, 7) is 3.96. The van der Waals surface area contributed by atoms with Gasteiger partial charge in [-0.1, -0.05) is 30.9 Å². The monoisotopic (exact) mass is 479 g/mol. The van der Waals surface area contributed by atoms with Gasteiger partial charge in [-0.05, 0) is 60.2 Å². The van der Waals surface area contributed by atoms with Gasteiger partial charge in [0.2, 0.25) is 0 Å². The van der Waals surface area contributed by atoms with Crippen molar-refractivity contribution in [2.45, 2.75) is 4.90 Å². The molecule has 8 nitrogen and oxygen atoms in total. The number of carbonyl (C=O) groups excluding carboxylic acids is 1. The molecule has 0 aromatic heterocycles. The molecular formula is C25H25N3O5S. The van der Waals surface area contributed by atoms with Crippen LogP contribution in [0.4, 0.5) is 5.69 Å². The molecule has 1 N–H and O–H groups in total. The summed E-state index contributed by atoms with van der Waals surface area (Å²) < 4.78 is 37.5. The second-order valence-corrected chi connectivity index (χ2v) is 9.01. The Balaban J connectivity index is 1.65. The number of ether oxygens (including phenoxy) is 2. The van der Waals surface area contributed by atoms with Gasteiger partial charge in [0.15, 0.2) is 11.5 Å². The van der Waals surface area contributed by atoms with Gasteiger partial charge < -0.3 is 9.47 Å². The van der Waals surface area contributed by atoms with Crippen molar-refractivity contribution in [1.29, 1.82) is 0 Å². The Morgan fingerprint density at radius 1 is 1.06 bits per heavy atom. The van der Waals surface area contributed by atoms with Crippen molar-refractivity contribution < 1.29 is 22.7 Å². The highest BCUT2D eigenvalue weighted by Crippen LogP contribution is 2.27. The number of amides is 1. The molecule has 0 aliphatic heterocycles. The first-order chi connectivity index (χ1) is 16.4. The summed E-state index contributed by atoms with van der Waals surface area (Å²) in [6, 6.07) is 19.6. The van der Waals surface area contributed by atoms with Gasteiger partial charge in [0, 0.05) is 12.6 Å². The minimum Gasteiger partial charge on any atom is -0.493 e. The van der Waals surface area contributed by atoms with Crippen LogP contribution in [0.3, 0.4) is 0 Å². The van der Waals surface area contributed by atoms with E-state index in [1.165, 1.54) is 44.6 Å². The van der Waals surface area contributed by atoms with Crippen molar-refractivity contribution in [3.05, 3.63) is 96.6 Å². The number of anilines is 1. The van der Waals surface area contributed by atoms with Crippen molar-refractivity contribution in [3.63, 3.8) is 0 Å². The number of methoxy groups -OCH3 is 1. The average Bonchev–Trinajstić information content (AvgIpc) is 2.87. The predicted octanol–water partition coefficient (Wildman–Crippen LogP) is 3.85. The van der Waals surface area contributed by atoms with Crippen LogP contribution in [0.25, 0.3) is 0 Å². The first-order valence-corrected chi connectivity index (χ1v) is 11.7. The van der Waals surface area contributed by atoms with Crippen LogP contribution < -0.4 is 19.2 Å². The van der Waals surface area contributed by atoms with Gasteiger partial charge >= 0.3 is 0 Å². The van der Waals surface area contributed by atoms with Gasteiger partial charge in [-0.15, -0.1) is 0 Å². The minimum atomic E-state index is -3.70. The molecule has 0 atom stereocenters. The highest BCUT2D eigenvalue weighted by molar-refractivity contribution is 7.92. The molecule has 0 saturated heterocycles. The molecule has 1 amide bonds. The van der Waals surface area contributed by atoms with E-state index >= 15 is 0 Å². The van der Waals surface area contributed by atoms with Crippen LogP contribution in [0, 0.1) is 0 Å². The number of benzene rings is 3. The fraction of sp³-hybridized carbons (Fsp3) is 0.120. The Labute approximate surface area is 199 Å². The van der Waals surface area contributed by atoms with Crippen LogP contribution in [0.15, 0.2) is 95.4 Å². The van der Waals surface area contributed by atoms with Crippen molar-refractivity contribution in [2.75, 3.05) is 25.1 Å². The molecule has 3 aromatic rings. The average molecular weight is 480 g/mol. The maximum atomic E-state index is 12.8. The minimum absolute atomic E-state index is 0.186. The van der Waals surface area contributed by atoms with Crippen LogP contribution in [0.1, 0.15) is 15.9 Å². The van der Waals surface area contributed by atoms with Crippen molar-refractivity contribution in [2.24, 2.45) is 5.10 Å². The Hall–Kier alpha value is -4.11. The Morgan fingerprint density at radius 3 is 2.41 bits per heavy atom. The third kappa shape index (κ3) is 5.81. The summed E-state index contributed by atoms with van der Waals surface area (Å²) in [4.78, 5) is 12.6. The number of nitrogens with one attached hydrogen (secondary N) is 1. The molecule has 0 aliphatic carbocycles. The van der Waals surface area contributed by atoms with Gasteiger partial charge in [0.05, 0.1) is 23.9 Å². The third-order valence-electron chi connectivity index (χ3n) is 4.82. The molecule has 0 aliphatic rings. The zero-order valence-corrected chi connectivity index (χ0v) is 19.7. The summed E-state index contributed by atoms with van der Waals surface area (Å²) in [5, 5.41) is 3.98. The van der Waals surface area contributed by atoms with E-state index in [1.54, 1.807) is 54.6 Å². The first kappa shape index (κ1) is 24.5. The lowest BCUT2D eigenvalue weighted by molar-refractivity contribution is 0.0955. The quantitative estimate of drug-likeness (QED) is 0.271. The lowest BCUT2D eigenvalue weighted by atomic mass is 10.2. The molecule has 0 bridgehead atoms. The summed E-state index contributed by atoms with van der Waals surface area (Å²) in [5.41, 5.74) is 3.91. The van der Waals surface area contributed by atoms with Crippen LogP contribution in [-0.2, 0) is 10.0 Å². The number of nitrogens with zero attached hydrogens (tertiary/aromatic N) is 2. The normalized spacial score (nSPS) is 11.1. The number of rotatable bonds is 10. The van der Waals surface area contributed by atoms with Gasteiger partial charge in [-0.3, -0.25) is 9.10 Å². The fourth-order valence-corrected chi connectivity index (χ4v) is 4.19. The Bertz CT molecular complexity index is 1270. The Morgan fingerprint density at radius 2 is 1.76 bits per heavy atom. The van der Waals surface area contributed by atoms with Gasteiger partial charge in [0.1, 0.15) is 6.61 Å². The predicted molar refractivity (Wildman–Crippen MR) is 132 cm³/mol. The first-order valence-electron chi connectivity index (χ1n) is 10.3. The molecular weight excluding hydrogens is 454 g/mol.